The van der Waals surface area contributed by atoms with E-state index in [-0.39, 0.29) is 6.10 Å². The smallest absolute Gasteiger partial charge is 0.201 e. The zero-order valence-electron chi connectivity index (χ0n) is 20.6. The van der Waals surface area contributed by atoms with E-state index in [1.807, 2.05) is 42.5 Å². The first kappa shape index (κ1) is 26.5. The fourth-order valence-electron chi connectivity index (χ4n) is 5.01. The number of benzene rings is 2. The highest BCUT2D eigenvalue weighted by Crippen LogP contribution is 2.43. The molecule has 2 aromatic carbocycles. The Morgan fingerprint density at radius 2 is 1.25 bits per heavy atom. The van der Waals surface area contributed by atoms with Crippen molar-refractivity contribution in [3.8, 4) is 0 Å². The van der Waals surface area contributed by atoms with E-state index in [4.69, 9.17) is 4.43 Å². The fraction of sp³-hybridized carbons (Fsp3) is 0.500. The third kappa shape index (κ3) is 6.89. The number of aryl methyl sites for hydroxylation is 1. The minimum absolute atomic E-state index is 0.105. The van der Waals surface area contributed by atoms with E-state index in [0.29, 0.717) is 22.2 Å². The normalized spacial score (nSPS) is 15.6. The minimum Gasteiger partial charge on any atom is -0.410 e. The van der Waals surface area contributed by atoms with Gasteiger partial charge in [-0.15, -0.1) is 0 Å². The van der Waals surface area contributed by atoms with Gasteiger partial charge in [-0.3, -0.25) is 0 Å². The summed E-state index contributed by atoms with van der Waals surface area (Å²) in [6, 6.07) is 19.8. The maximum Gasteiger partial charge on any atom is 0.201 e. The quantitative estimate of drug-likeness (QED) is 0.273. The summed E-state index contributed by atoms with van der Waals surface area (Å²) in [5, 5.41) is 21.2. The second-order valence-corrected chi connectivity index (χ2v) is 15.1. The van der Waals surface area contributed by atoms with E-state index in [1.54, 1.807) is 6.08 Å². The molecule has 0 aromatic heterocycles. The van der Waals surface area contributed by atoms with Crippen LogP contribution in [0.2, 0.25) is 16.6 Å². The first-order valence-corrected chi connectivity index (χ1v) is 14.1. The second-order valence-electron chi connectivity index (χ2n) is 9.73. The van der Waals surface area contributed by atoms with Crippen LogP contribution < -0.4 is 0 Å². The summed E-state index contributed by atoms with van der Waals surface area (Å²) in [6.07, 6.45) is 3.41. The SMILES string of the molecule is CC(C)[Si](O[C@H](/C=C\[C@H](O)[C@H](O)c1ccccc1)CCc1ccccc1)(C(C)C)C(C)C. The van der Waals surface area contributed by atoms with Crippen molar-refractivity contribution < 1.29 is 14.6 Å². The van der Waals surface area contributed by atoms with Crippen molar-refractivity contribution in [1.82, 2.24) is 0 Å². The highest BCUT2D eigenvalue weighted by atomic mass is 28.4. The van der Waals surface area contributed by atoms with Crippen LogP contribution in [0.15, 0.2) is 72.8 Å². The van der Waals surface area contributed by atoms with Gasteiger partial charge >= 0.3 is 0 Å². The molecule has 2 aromatic rings. The van der Waals surface area contributed by atoms with Crippen molar-refractivity contribution >= 4 is 8.32 Å². The lowest BCUT2D eigenvalue weighted by molar-refractivity contribution is 0.0475. The van der Waals surface area contributed by atoms with Crippen molar-refractivity contribution in [2.45, 2.75) is 89.3 Å². The molecule has 0 fully saturated rings. The first-order valence-electron chi connectivity index (χ1n) is 12.0. The van der Waals surface area contributed by atoms with Crippen molar-refractivity contribution in [2.24, 2.45) is 0 Å². The van der Waals surface area contributed by atoms with Crippen molar-refractivity contribution in [1.29, 1.82) is 0 Å². The average molecular weight is 455 g/mol. The van der Waals surface area contributed by atoms with Gasteiger partial charge in [0.05, 0.1) is 6.10 Å². The lowest BCUT2D eigenvalue weighted by atomic mass is 10.0. The number of hydrogen-bond donors (Lipinski definition) is 2. The topological polar surface area (TPSA) is 49.7 Å². The van der Waals surface area contributed by atoms with E-state index < -0.39 is 20.5 Å². The maximum absolute atomic E-state index is 10.7. The summed E-state index contributed by atoms with van der Waals surface area (Å²) in [6.45, 7) is 13.7. The van der Waals surface area contributed by atoms with Crippen LogP contribution in [0.25, 0.3) is 0 Å². The van der Waals surface area contributed by atoms with Crippen LogP contribution in [0.4, 0.5) is 0 Å². The Balaban J connectivity index is 2.25. The third-order valence-electron chi connectivity index (χ3n) is 6.61. The van der Waals surface area contributed by atoms with Gasteiger partial charge in [-0.05, 0) is 40.6 Å². The minimum atomic E-state index is -2.09. The molecular formula is C28H42O3Si. The number of rotatable bonds is 12. The molecule has 0 bridgehead atoms. The van der Waals surface area contributed by atoms with Crippen LogP contribution in [0.5, 0.6) is 0 Å². The van der Waals surface area contributed by atoms with Crippen LogP contribution in [-0.4, -0.2) is 30.7 Å². The summed E-state index contributed by atoms with van der Waals surface area (Å²) in [5.41, 5.74) is 3.44. The molecule has 0 radical (unpaired) electrons. The van der Waals surface area contributed by atoms with Gasteiger partial charge in [-0.1, -0.05) is 114 Å². The van der Waals surface area contributed by atoms with Gasteiger partial charge in [0, 0.05) is 0 Å². The summed E-state index contributed by atoms with van der Waals surface area (Å²) in [7, 11) is -2.09. The van der Waals surface area contributed by atoms with E-state index >= 15 is 0 Å². The predicted octanol–water partition coefficient (Wildman–Crippen LogP) is 6.83. The Labute approximate surface area is 196 Å². The lowest BCUT2D eigenvalue weighted by Crippen LogP contribution is -2.50. The van der Waals surface area contributed by atoms with Crippen molar-refractivity contribution in [2.75, 3.05) is 0 Å². The first-order chi connectivity index (χ1) is 15.2. The van der Waals surface area contributed by atoms with Crippen LogP contribution in [0.3, 0.4) is 0 Å². The molecule has 3 atom stereocenters. The fourth-order valence-corrected chi connectivity index (χ4v) is 10.5. The molecule has 0 unspecified atom stereocenters. The van der Waals surface area contributed by atoms with E-state index in [9.17, 15) is 10.2 Å². The molecule has 0 aliphatic carbocycles. The highest BCUT2D eigenvalue weighted by Gasteiger charge is 2.46. The molecule has 0 aliphatic heterocycles. The van der Waals surface area contributed by atoms with Gasteiger partial charge in [-0.2, -0.15) is 0 Å². The number of hydrogen-bond acceptors (Lipinski definition) is 3. The van der Waals surface area contributed by atoms with Gasteiger partial charge in [0.25, 0.3) is 0 Å². The van der Waals surface area contributed by atoms with Gasteiger partial charge < -0.3 is 14.6 Å². The lowest BCUT2D eigenvalue weighted by Gasteiger charge is -2.44. The van der Waals surface area contributed by atoms with Gasteiger partial charge in [0.15, 0.2) is 0 Å². The second kappa shape index (κ2) is 12.5. The van der Waals surface area contributed by atoms with E-state index in [0.717, 1.165) is 12.8 Å². The molecule has 0 amide bonds. The number of aliphatic hydroxyl groups is 2. The molecule has 4 heteroatoms. The highest BCUT2D eigenvalue weighted by molar-refractivity contribution is 6.77. The molecule has 2 rings (SSSR count). The Morgan fingerprint density at radius 1 is 0.750 bits per heavy atom. The molecule has 2 N–H and O–H groups in total. The largest absolute Gasteiger partial charge is 0.410 e. The molecule has 0 aliphatic rings. The molecule has 0 saturated heterocycles. The van der Waals surface area contributed by atoms with Gasteiger partial charge in [-0.25, -0.2) is 0 Å². The maximum atomic E-state index is 10.7. The summed E-state index contributed by atoms with van der Waals surface area (Å²) in [4.78, 5) is 0. The van der Waals surface area contributed by atoms with Crippen LogP contribution in [0.1, 0.15) is 65.2 Å². The van der Waals surface area contributed by atoms with Gasteiger partial charge in [0.1, 0.15) is 12.2 Å². The van der Waals surface area contributed by atoms with Crippen molar-refractivity contribution in [3.05, 3.63) is 83.9 Å². The summed E-state index contributed by atoms with van der Waals surface area (Å²) < 4.78 is 7.04. The Hall–Kier alpha value is -1.72. The van der Waals surface area contributed by atoms with Crippen LogP contribution in [0, 0.1) is 0 Å². The Bertz CT molecular complexity index is 780. The predicted molar refractivity (Wildman–Crippen MR) is 137 cm³/mol. The molecule has 176 valence electrons. The molecule has 0 spiro atoms. The average Bonchev–Trinajstić information content (AvgIpc) is 2.78. The van der Waals surface area contributed by atoms with E-state index in [2.05, 4.69) is 65.8 Å². The zero-order valence-corrected chi connectivity index (χ0v) is 21.6. The Morgan fingerprint density at radius 3 is 1.75 bits per heavy atom. The van der Waals surface area contributed by atoms with Gasteiger partial charge in [0.2, 0.25) is 8.32 Å². The molecule has 0 saturated carbocycles. The van der Waals surface area contributed by atoms with E-state index in [1.165, 1.54) is 5.56 Å². The third-order valence-corrected chi connectivity index (χ3v) is 12.7. The summed E-state index contributed by atoms with van der Waals surface area (Å²) >= 11 is 0. The Kier molecular flexibility index (Phi) is 10.4. The van der Waals surface area contributed by atoms with Crippen LogP contribution >= 0.6 is 0 Å². The number of aliphatic hydroxyl groups excluding tert-OH is 2. The molecule has 32 heavy (non-hydrogen) atoms. The van der Waals surface area contributed by atoms with Crippen molar-refractivity contribution in [3.63, 3.8) is 0 Å². The molecule has 3 nitrogen and oxygen atoms in total. The monoisotopic (exact) mass is 454 g/mol. The standard InChI is InChI=1S/C28H42O3Si/c1-21(2)32(22(3)4,23(5)6)31-26(18-17-24-13-9-7-10-14-24)19-20-27(29)28(30)25-15-11-8-12-16-25/h7-16,19-23,26-30H,17-18H2,1-6H3/b20-19-/t26-,27-,28+/m0/s1. The van der Waals surface area contributed by atoms with Crippen LogP contribution in [-0.2, 0) is 10.8 Å². The summed E-state index contributed by atoms with van der Waals surface area (Å²) in [5.74, 6) is 0. The molecule has 0 heterocycles. The zero-order chi connectivity index (χ0) is 23.7. The molecular weight excluding hydrogens is 412 g/mol.